The van der Waals surface area contributed by atoms with Gasteiger partial charge < -0.3 is 9.80 Å². The van der Waals surface area contributed by atoms with Crippen LogP contribution in [0.15, 0.2) is 29.8 Å². The van der Waals surface area contributed by atoms with Crippen LogP contribution in [-0.4, -0.2) is 35.4 Å². The number of hydrogen-bond acceptors (Lipinski definition) is 4. The molecule has 8 heteroatoms. The number of carbonyl (C=O) groups excluding carboxylic acids is 1. The smallest absolute Gasteiger partial charge is 0.354 e. The van der Waals surface area contributed by atoms with Crippen molar-refractivity contribution in [2.24, 2.45) is 5.92 Å². The molecule has 4 rings (SSSR count). The van der Waals surface area contributed by atoms with Gasteiger partial charge in [0.15, 0.2) is 0 Å². The maximum atomic E-state index is 13.1. The summed E-state index contributed by atoms with van der Waals surface area (Å²) in [6.07, 6.45) is -2.24. The number of nitrogens with zero attached hydrogens (tertiary/aromatic N) is 3. The second-order valence-electron chi connectivity index (χ2n) is 6.35. The first kappa shape index (κ1) is 16.4. The molecule has 1 amide bonds. The van der Waals surface area contributed by atoms with Gasteiger partial charge in [-0.3, -0.25) is 4.79 Å². The Labute approximate surface area is 146 Å². The molecule has 0 aromatic carbocycles. The van der Waals surface area contributed by atoms with Crippen molar-refractivity contribution in [1.82, 2.24) is 9.88 Å². The first-order chi connectivity index (χ1) is 11.9. The van der Waals surface area contributed by atoms with Crippen molar-refractivity contribution in [3.8, 4) is 0 Å². The highest BCUT2D eigenvalue weighted by atomic mass is 32.1. The van der Waals surface area contributed by atoms with Crippen molar-refractivity contribution in [2.45, 2.75) is 19.1 Å². The molecule has 0 atom stereocenters. The van der Waals surface area contributed by atoms with Gasteiger partial charge in [0.1, 0.15) is 5.82 Å². The summed E-state index contributed by atoms with van der Waals surface area (Å²) in [6, 6.07) is 4.34. The van der Waals surface area contributed by atoms with Gasteiger partial charge in [-0.2, -0.15) is 13.2 Å². The highest BCUT2D eigenvalue weighted by molar-refractivity contribution is 7.10. The Hall–Kier alpha value is -2.09. The number of halogens is 3. The molecule has 2 aromatic heterocycles. The number of rotatable bonds is 2. The third-order valence-electron chi connectivity index (χ3n) is 4.74. The summed E-state index contributed by atoms with van der Waals surface area (Å²) >= 11 is 1.71. The number of alkyl halides is 3. The van der Waals surface area contributed by atoms with Crippen molar-refractivity contribution in [1.29, 1.82) is 0 Å². The average Bonchev–Trinajstić information content (AvgIpc) is 3.00. The Morgan fingerprint density at radius 1 is 1.28 bits per heavy atom. The van der Waals surface area contributed by atoms with Crippen LogP contribution in [0, 0.1) is 5.92 Å². The van der Waals surface area contributed by atoms with Gasteiger partial charge >= 0.3 is 6.18 Å². The van der Waals surface area contributed by atoms with Gasteiger partial charge in [-0.1, -0.05) is 0 Å². The van der Waals surface area contributed by atoms with Crippen LogP contribution in [0.4, 0.5) is 19.0 Å². The zero-order chi connectivity index (χ0) is 17.6. The third kappa shape index (κ3) is 2.99. The molecule has 25 heavy (non-hydrogen) atoms. The number of anilines is 1. The molecule has 0 spiro atoms. The van der Waals surface area contributed by atoms with E-state index in [1.54, 1.807) is 11.3 Å². The number of carbonyl (C=O) groups is 1. The summed E-state index contributed by atoms with van der Waals surface area (Å²) in [5.74, 6) is -0.321. The van der Waals surface area contributed by atoms with Crippen LogP contribution in [0.3, 0.4) is 0 Å². The predicted octanol–water partition coefficient (Wildman–Crippen LogP) is 3.18. The SMILES string of the molecule is O=C(C1CN(c2ncccc2C(F)(F)F)C1)N1CCc2sccc2C1. The van der Waals surface area contributed by atoms with E-state index in [9.17, 15) is 18.0 Å². The minimum absolute atomic E-state index is 0.0255. The monoisotopic (exact) mass is 367 g/mol. The van der Waals surface area contributed by atoms with E-state index in [1.165, 1.54) is 27.6 Å². The number of pyridine rings is 1. The molecular weight excluding hydrogens is 351 g/mol. The minimum Gasteiger partial charge on any atom is -0.354 e. The van der Waals surface area contributed by atoms with E-state index < -0.39 is 11.7 Å². The van der Waals surface area contributed by atoms with Gasteiger partial charge in [0.05, 0.1) is 11.5 Å². The summed E-state index contributed by atoms with van der Waals surface area (Å²) in [4.78, 5) is 21.2. The molecule has 0 N–H and O–H groups in total. The molecule has 132 valence electrons. The third-order valence-corrected chi connectivity index (χ3v) is 5.76. The molecule has 2 aromatic rings. The summed E-state index contributed by atoms with van der Waals surface area (Å²) in [6.45, 7) is 1.85. The standard InChI is InChI=1S/C17H16F3N3OS/c18-17(19,20)13-2-1-5-21-15(13)23-9-12(10-23)16(24)22-6-3-14-11(8-22)4-7-25-14/h1-2,4-5,7,12H,3,6,8-10H2. The van der Waals surface area contributed by atoms with E-state index in [1.807, 2.05) is 16.3 Å². The Bertz CT molecular complexity index is 798. The van der Waals surface area contributed by atoms with E-state index in [0.29, 0.717) is 13.1 Å². The predicted molar refractivity (Wildman–Crippen MR) is 88.4 cm³/mol. The lowest BCUT2D eigenvalue weighted by molar-refractivity contribution is -0.138. The molecule has 1 saturated heterocycles. The number of amides is 1. The Morgan fingerprint density at radius 3 is 2.84 bits per heavy atom. The van der Waals surface area contributed by atoms with Crippen LogP contribution in [0.1, 0.15) is 16.0 Å². The summed E-state index contributed by atoms with van der Waals surface area (Å²) in [7, 11) is 0. The highest BCUT2D eigenvalue weighted by Gasteiger charge is 2.41. The molecule has 0 radical (unpaired) electrons. The van der Waals surface area contributed by atoms with E-state index >= 15 is 0 Å². The van der Waals surface area contributed by atoms with Crippen molar-refractivity contribution >= 4 is 23.1 Å². The molecule has 1 fully saturated rings. The van der Waals surface area contributed by atoms with Gasteiger partial charge in [-0.15, -0.1) is 11.3 Å². The van der Waals surface area contributed by atoms with Crippen LogP contribution < -0.4 is 4.90 Å². The fraction of sp³-hybridized carbons (Fsp3) is 0.412. The molecular formula is C17H16F3N3OS. The fourth-order valence-electron chi connectivity index (χ4n) is 3.37. The van der Waals surface area contributed by atoms with Crippen molar-refractivity contribution in [3.63, 3.8) is 0 Å². The quantitative estimate of drug-likeness (QED) is 0.818. The van der Waals surface area contributed by atoms with Gasteiger partial charge in [0.25, 0.3) is 0 Å². The Balaban J connectivity index is 1.42. The van der Waals surface area contributed by atoms with Gasteiger partial charge in [0, 0.05) is 37.3 Å². The first-order valence-corrected chi connectivity index (χ1v) is 8.92. The molecule has 4 nitrogen and oxygen atoms in total. The number of thiophene rings is 1. The largest absolute Gasteiger partial charge is 0.419 e. The fourth-order valence-corrected chi connectivity index (χ4v) is 4.26. The molecule has 0 unspecified atom stereocenters. The lowest BCUT2D eigenvalue weighted by Gasteiger charge is -2.42. The van der Waals surface area contributed by atoms with Crippen molar-refractivity contribution < 1.29 is 18.0 Å². The topological polar surface area (TPSA) is 36.4 Å². The number of hydrogen-bond donors (Lipinski definition) is 0. The zero-order valence-electron chi connectivity index (χ0n) is 13.3. The number of aromatic nitrogens is 1. The Morgan fingerprint density at radius 2 is 2.08 bits per heavy atom. The van der Waals surface area contributed by atoms with Gasteiger partial charge in [0.2, 0.25) is 5.91 Å². The molecule has 2 aliphatic heterocycles. The van der Waals surface area contributed by atoms with E-state index in [4.69, 9.17) is 0 Å². The summed E-state index contributed by atoms with van der Waals surface area (Å²) in [5, 5.41) is 2.03. The molecule has 2 aliphatic rings. The first-order valence-electron chi connectivity index (χ1n) is 8.04. The van der Waals surface area contributed by atoms with Crippen molar-refractivity contribution in [3.05, 3.63) is 45.8 Å². The average molecular weight is 367 g/mol. The normalized spacial score (nSPS) is 18.0. The number of fused-ring (bicyclic) bond motifs is 1. The second-order valence-corrected chi connectivity index (χ2v) is 7.35. The maximum absolute atomic E-state index is 13.1. The minimum atomic E-state index is -4.44. The highest BCUT2D eigenvalue weighted by Crippen LogP contribution is 2.37. The molecule has 0 aliphatic carbocycles. The molecule has 4 heterocycles. The maximum Gasteiger partial charge on any atom is 0.419 e. The summed E-state index contributed by atoms with van der Waals surface area (Å²) < 4.78 is 39.3. The molecule has 0 bridgehead atoms. The van der Waals surface area contributed by atoms with E-state index in [0.717, 1.165) is 12.5 Å². The van der Waals surface area contributed by atoms with Crippen LogP contribution in [0.5, 0.6) is 0 Å². The lowest BCUT2D eigenvalue weighted by Crippen LogP contribution is -2.55. The van der Waals surface area contributed by atoms with Crippen LogP contribution in [0.25, 0.3) is 0 Å². The van der Waals surface area contributed by atoms with Crippen LogP contribution in [0.2, 0.25) is 0 Å². The Kier molecular flexibility index (Phi) is 3.94. The van der Waals surface area contributed by atoms with Gasteiger partial charge in [-0.25, -0.2) is 4.98 Å². The summed E-state index contributed by atoms with van der Waals surface area (Å²) in [5.41, 5.74) is 0.437. The zero-order valence-corrected chi connectivity index (χ0v) is 14.1. The van der Waals surface area contributed by atoms with E-state index in [2.05, 4.69) is 4.98 Å². The van der Waals surface area contributed by atoms with E-state index in [-0.39, 0.29) is 30.7 Å². The second kappa shape index (κ2) is 6.01. The lowest BCUT2D eigenvalue weighted by atomic mass is 9.96. The molecule has 0 saturated carbocycles. The van der Waals surface area contributed by atoms with Gasteiger partial charge in [-0.05, 0) is 35.6 Å². The van der Waals surface area contributed by atoms with Crippen molar-refractivity contribution in [2.75, 3.05) is 24.5 Å². The van der Waals surface area contributed by atoms with Crippen LogP contribution in [-0.2, 0) is 23.9 Å². The van der Waals surface area contributed by atoms with Crippen LogP contribution >= 0.6 is 11.3 Å².